The van der Waals surface area contributed by atoms with Crippen molar-refractivity contribution in [3.8, 4) is 5.75 Å². The molecule has 1 aliphatic heterocycles. The van der Waals surface area contributed by atoms with E-state index in [2.05, 4.69) is 54.7 Å². The molecule has 0 spiro atoms. The minimum Gasteiger partial charge on any atom is -0.496 e. The van der Waals surface area contributed by atoms with Crippen molar-refractivity contribution in [3.05, 3.63) is 64.7 Å². The van der Waals surface area contributed by atoms with Gasteiger partial charge >= 0.3 is 0 Å². The number of aryl methyl sites for hydroxylation is 1. The highest BCUT2D eigenvalue weighted by atomic mass is 16.5. The Morgan fingerprint density at radius 1 is 1.19 bits per heavy atom. The minimum absolute atomic E-state index is 0.278. The van der Waals surface area contributed by atoms with Gasteiger partial charge in [-0.1, -0.05) is 49.7 Å². The van der Waals surface area contributed by atoms with E-state index in [1.165, 1.54) is 28.7 Å². The number of fused-ring (bicyclic) bond motifs is 1. The van der Waals surface area contributed by atoms with Crippen LogP contribution in [0, 0.1) is 0 Å². The molecule has 0 saturated heterocycles. The summed E-state index contributed by atoms with van der Waals surface area (Å²) in [5.74, 6) is 1.02. The quantitative estimate of drug-likeness (QED) is 0.918. The third-order valence-corrected chi connectivity index (χ3v) is 4.25. The van der Waals surface area contributed by atoms with Crippen molar-refractivity contribution in [3.63, 3.8) is 0 Å². The molecule has 1 aliphatic rings. The molecule has 0 bridgehead atoms. The fourth-order valence-electron chi connectivity index (χ4n) is 3.28. The minimum atomic E-state index is 0.278. The van der Waals surface area contributed by atoms with Gasteiger partial charge in [0.05, 0.1) is 13.2 Å². The molecular weight excluding hydrogens is 258 g/mol. The first-order valence-corrected chi connectivity index (χ1v) is 7.81. The summed E-state index contributed by atoms with van der Waals surface area (Å²) in [5, 5.41) is 3.66. The Kier molecular flexibility index (Phi) is 4.26. The van der Waals surface area contributed by atoms with E-state index in [1.807, 2.05) is 0 Å². The molecule has 2 aromatic carbocycles. The number of rotatable bonds is 4. The largest absolute Gasteiger partial charge is 0.496 e. The maximum atomic E-state index is 5.53. The molecule has 3 rings (SSSR count). The van der Waals surface area contributed by atoms with E-state index in [0.717, 1.165) is 25.1 Å². The summed E-state index contributed by atoms with van der Waals surface area (Å²) in [4.78, 5) is 0. The van der Waals surface area contributed by atoms with Gasteiger partial charge in [0.2, 0.25) is 0 Å². The van der Waals surface area contributed by atoms with Gasteiger partial charge in [0.25, 0.3) is 0 Å². The van der Waals surface area contributed by atoms with Crippen molar-refractivity contribution in [2.45, 2.75) is 32.2 Å². The molecule has 1 atom stereocenters. The third kappa shape index (κ3) is 2.81. The van der Waals surface area contributed by atoms with Crippen LogP contribution in [0.3, 0.4) is 0 Å². The monoisotopic (exact) mass is 281 g/mol. The summed E-state index contributed by atoms with van der Waals surface area (Å²) in [6.45, 7) is 3.22. The molecule has 0 fully saturated rings. The maximum Gasteiger partial charge on any atom is 0.122 e. The number of hydrogen-bond donors (Lipinski definition) is 1. The normalized spacial score (nSPS) is 17.3. The Labute approximate surface area is 127 Å². The first-order valence-electron chi connectivity index (χ1n) is 7.81. The second-order valence-corrected chi connectivity index (χ2v) is 5.66. The Morgan fingerprint density at radius 2 is 2.05 bits per heavy atom. The third-order valence-electron chi connectivity index (χ3n) is 4.25. The van der Waals surface area contributed by atoms with Gasteiger partial charge in [-0.25, -0.2) is 0 Å². The fraction of sp³-hybridized carbons (Fsp3) is 0.368. The van der Waals surface area contributed by atoms with Crippen LogP contribution in [0.25, 0.3) is 0 Å². The molecule has 0 radical (unpaired) electrons. The van der Waals surface area contributed by atoms with Crippen molar-refractivity contribution in [2.24, 2.45) is 0 Å². The maximum absolute atomic E-state index is 5.53. The summed E-state index contributed by atoms with van der Waals surface area (Å²) in [6, 6.07) is 15.6. The molecule has 1 heterocycles. The first-order chi connectivity index (χ1) is 10.3. The molecule has 2 aromatic rings. The second kappa shape index (κ2) is 6.31. The van der Waals surface area contributed by atoms with Crippen molar-refractivity contribution < 1.29 is 4.74 Å². The fourth-order valence-corrected chi connectivity index (χ4v) is 3.28. The zero-order chi connectivity index (χ0) is 14.7. The molecule has 110 valence electrons. The number of ether oxygens (including phenoxy) is 1. The van der Waals surface area contributed by atoms with E-state index in [4.69, 9.17) is 4.74 Å². The van der Waals surface area contributed by atoms with E-state index in [0.29, 0.717) is 0 Å². The first kappa shape index (κ1) is 14.2. The number of hydrogen-bond acceptors (Lipinski definition) is 2. The molecular formula is C19H23NO. The molecule has 0 aromatic heterocycles. The molecule has 1 N–H and O–H groups in total. The van der Waals surface area contributed by atoms with E-state index in [9.17, 15) is 0 Å². The Morgan fingerprint density at radius 3 is 2.86 bits per heavy atom. The van der Waals surface area contributed by atoms with Gasteiger partial charge in [0, 0.05) is 12.1 Å². The average Bonchev–Trinajstić information content (AvgIpc) is 2.54. The molecule has 0 amide bonds. The lowest BCUT2D eigenvalue weighted by atomic mass is 9.88. The summed E-state index contributed by atoms with van der Waals surface area (Å²) in [7, 11) is 1.76. The lowest BCUT2D eigenvalue weighted by molar-refractivity contribution is 0.403. The summed E-state index contributed by atoms with van der Waals surface area (Å²) >= 11 is 0. The van der Waals surface area contributed by atoms with Crippen LogP contribution >= 0.6 is 0 Å². The zero-order valence-corrected chi connectivity index (χ0v) is 12.9. The highest BCUT2D eigenvalue weighted by Gasteiger charge is 2.23. The van der Waals surface area contributed by atoms with Crippen molar-refractivity contribution in [1.29, 1.82) is 0 Å². The molecule has 2 nitrogen and oxygen atoms in total. The van der Waals surface area contributed by atoms with Gasteiger partial charge in [-0.15, -0.1) is 0 Å². The molecule has 2 heteroatoms. The van der Waals surface area contributed by atoms with Gasteiger partial charge < -0.3 is 10.1 Å². The zero-order valence-electron chi connectivity index (χ0n) is 12.9. The van der Waals surface area contributed by atoms with Gasteiger partial charge in [0.1, 0.15) is 5.75 Å². The smallest absolute Gasteiger partial charge is 0.122 e. The van der Waals surface area contributed by atoms with Crippen LogP contribution in [0.5, 0.6) is 5.75 Å². The molecule has 21 heavy (non-hydrogen) atoms. The van der Waals surface area contributed by atoms with Crippen LogP contribution in [0.4, 0.5) is 0 Å². The van der Waals surface area contributed by atoms with Crippen molar-refractivity contribution in [2.75, 3.05) is 13.7 Å². The van der Waals surface area contributed by atoms with Gasteiger partial charge in [-0.3, -0.25) is 0 Å². The van der Waals surface area contributed by atoms with Crippen LogP contribution in [-0.2, 0) is 12.8 Å². The molecule has 1 unspecified atom stereocenters. The van der Waals surface area contributed by atoms with Crippen molar-refractivity contribution >= 4 is 0 Å². The summed E-state index contributed by atoms with van der Waals surface area (Å²) < 4.78 is 5.53. The average molecular weight is 281 g/mol. The standard InChI is InChI=1S/C19H23NO/c1-3-6-14-7-4-8-15(13-14)19-17-9-5-10-18(21-2)16(17)11-12-20-19/h4-5,7-10,13,19-20H,3,6,11-12H2,1-2H3. The van der Waals surface area contributed by atoms with E-state index in [-0.39, 0.29) is 6.04 Å². The topological polar surface area (TPSA) is 21.3 Å². The summed E-state index contributed by atoms with van der Waals surface area (Å²) in [6.07, 6.45) is 3.36. The van der Waals surface area contributed by atoms with Crippen LogP contribution in [-0.4, -0.2) is 13.7 Å². The van der Waals surface area contributed by atoms with Crippen LogP contribution in [0.2, 0.25) is 0 Å². The highest BCUT2D eigenvalue weighted by Crippen LogP contribution is 2.34. The Balaban J connectivity index is 2.00. The van der Waals surface area contributed by atoms with Gasteiger partial charge in [-0.05, 0) is 35.6 Å². The second-order valence-electron chi connectivity index (χ2n) is 5.66. The lowest BCUT2D eigenvalue weighted by Crippen LogP contribution is -2.30. The summed E-state index contributed by atoms with van der Waals surface area (Å²) in [5.41, 5.74) is 5.49. The van der Waals surface area contributed by atoms with Crippen LogP contribution in [0.15, 0.2) is 42.5 Å². The predicted molar refractivity (Wildman–Crippen MR) is 87.0 cm³/mol. The van der Waals surface area contributed by atoms with Crippen LogP contribution in [0.1, 0.15) is 41.6 Å². The van der Waals surface area contributed by atoms with Crippen LogP contribution < -0.4 is 10.1 Å². The Hall–Kier alpha value is -1.80. The predicted octanol–water partition coefficient (Wildman–Crippen LogP) is 3.88. The number of methoxy groups -OCH3 is 1. The highest BCUT2D eigenvalue weighted by molar-refractivity contribution is 5.47. The van der Waals surface area contributed by atoms with E-state index < -0.39 is 0 Å². The Bertz CT molecular complexity index is 621. The van der Waals surface area contributed by atoms with E-state index in [1.54, 1.807) is 7.11 Å². The SMILES string of the molecule is CCCc1cccc(C2NCCc3c(OC)cccc32)c1. The number of nitrogens with one attached hydrogen (secondary N) is 1. The van der Waals surface area contributed by atoms with Crippen molar-refractivity contribution in [1.82, 2.24) is 5.32 Å². The van der Waals surface area contributed by atoms with E-state index >= 15 is 0 Å². The molecule has 0 aliphatic carbocycles. The number of benzene rings is 2. The molecule has 0 saturated carbocycles. The lowest BCUT2D eigenvalue weighted by Gasteiger charge is -2.28. The van der Waals surface area contributed by atoms with Gasteiger partial charge in [-0.2, -0.15) is 0 Å². The van der Waals surface area contributed by atoms with Gasteiger partial charge in [0.15, 0.2) is 0 Å².